The highest BCUT2D eigenvalue weighted by molar-refractivity contribution is 14.0. The number of nitrogens with zero attached hydrogens (tertiary/aromatic N) is 2. The predicted octanol–water partition coefficient (Wildman–Crippen LogP) is 3.28. The van der Waals surface area contributed by atoms with E-state index in [1.807, 2.05) is 0 Å². The van der Waals surface area contributed by atoms with E-state index >= 15 is 0 Å². The quantitative estimate of drug-likeness (QED) is 0.377. The lowest BCUT2D eigenvalue weighted by Gasteiger charge is -2.60. The van der Waals surface area contributed by atoms with Gasteiger partial charge in [-0.15, -0.1) is 24.0 Å². The fraction of sp³-hybridized carbons (Fsp3) is 0.950. The molecule has 1 spiro atoms. The number of likely N-dealkylation sites (tertiary alicyclic amines) is 1. The van der Waals surface area contributed by atoms with Crippen molar-refractivity contribution >= 4 is 29.9 Å². The van der Waals surface area contributed by atoms with Crippen LogP contribution in [0.2, 0.25) is 0 Å². The van der Waals surface area contributed by atoms with Gasteiger partial charge in [-0.2, -0.15) is 0 Å². The Bertz CT molecular complexity index is 519. The lowest BCUT2D eigenvalue weighted by Crippen LogP contribution is -2.71. The molecule has 1 aliphatic carbocycles. The molecule has 3 unspecified atom stereocenters. The molecule has 3 atom stereocenters. The van der Waals surface area contributed by atoms with Crippen molar-refractivity contribution in [2.75, 3.05) is 39.5 Å². The monoisotopic (exact) mass is 477 g/mol. The van der Waals surface area contributed by atoms with Gasteiger partial charge >= 0.3 is 0 Å². The minimum atomic E-state index is 0. The normalized spacial score (nSPS) is 35.4. The van der Waals surface area contributed by atoms with E-state index in [-0.39, 0.29) is 29.4 Å². The topological polar surface area (TPSA) is 46.1 Å². The molecule has 3 saturated heterocycles. The lowest BCUT2D eigenvalue weighted by molar-refractivity contribution is -0.188. The third-order valence-electron chi connectivity index (χ3n) is 7.21. The third kappa shape index (κ3) is 3.62. The number of hydrogen-bond donors (Lipinski definition) is 1. The maximum Gasteiger partial charge on any atom is 0.194 e. The first-order valence-corrected chi connectivity index (χ1v) is 10.3. The van der Waals surface area contributed by atoms with Crippen molar-refractivity contribution in [3.8, 4) is 0 Å². The van der Waals surface area contributed by atoms with E-state index in [9.17, 15) is 0 Å². The van der Waals surface area contributed by atoms with Crippen molar-refractivity contribution in [3.05, 3.63) is 0 Å². The molecule has 4 fully saturated rings. The Balaban J connectivity index is 0.00000196. The Morgan fingerprint density at radius 3 is 2.69 bits per heavy atom. The van der Waals surface area contributed by atoms with Crippen LogP contribution in [0.5, 0.6) is 0 Å². The standard InChI is InChI=1S/C20H35N3O2.HI/c1-4-21-18(23-10-7-20(14-23)8-12-24-13-9-20)22-16-15-6-5-11-25-17(15)19(16,2)3;/h15-17H,4-14H2,1-3H3,(H,21,22);1H. The van der Waals surface area contributed by atoms with Crippen LogP contribution in [-0.4, -0.2) is 62.5 Å². The third-order valence-corrected chi connectivity index (χ3v) is 7.21. The van der Waals surface area contributed by atoms with Gasteiger partial charge in [0.2, 0.25) is 0 Å². The Labute approximate surface area is 175 Å². The smallest absolute Gasteiger partial charge is 0.194 e. The van der Waals surface area contributed by atoms with Crippen LogP contribution >= 0.6 is 24.0 Å². The van der Waals surface area contributed by atoms with Crippen LogP contribution in [0.3, 0.4) is 0 Å². The zero-order valence-electron chi connectivity index (χ0n) is 16.6. The van der Waals surface area contributed by atoms with Crippen molar-refractivity contribution in [2.24, 2.45) is 21.7 Å². The fourth-order valence-electron chi connectivity index (χ4n) is 5.67. The van der Waals surface area contributed by atoms with E-state index < -0.39 is 0 Å². The molecule has 1 saturated carbocycles. The maximum absolute atomic E-state index is 6.07. The van der Waals surface area contributed by atoms with E-state index in [1.165, 1.54) is 32.1 Å². The summed E-state index contributed by atoms with van der Waals surface area (Å²) in [6, 6.07) is 0.481. The molecule has 0 radical (unpaired) electrons. The molecule has 0 aromatic heterocycles. The summed E-state index contributed by atoms with van der Waals surface area (Å²) in [4.78, 5) is 7.38. The van der Waals surface area contributed by atoms with E-state index in [0.29, 0.717) is 23.5 Å². The predicted molar refractivity (Wildman–Crippen MR) is 115 cm³/mol. The molecule has 1 N–H and O–H groups in total. The molecule has 0 amide bonds. The van der Waals surface area contributed by atoms with Crippen LogP contribution in [0.1, 0.15) is 52.9 Å². The number of halogens is 1. The van der Waals surface area contributed by atoms with Gasteiger partial charge < -0.3 is 19.7 Å². The molecule has 6 heteroatoms. The highest BCUT2D eigenvalue weighted by Gasteiger charge is 2.58. The Hall–Kier alpha value is -0.0800. The first-order chi connectivity index (χ1) is 12.1. The number of nitrogens with one attached hydrogen (secondary N) is 1. The highest BCUT2D eigenvalue weighted by atomic mass is 127. The lowest BCUT2D eigenvalue weighted by atomic mass is 9.55. The van der Waals surface area contributed by atoms with Gasteiger partial charge in [0.15, 0.2) is 5.96 Å². The SMILES string of the molecule is CCN=C(NC1C2CCCOC2C1(C)C)N1CCC2(CCOCC2)C1.I. The van der Waals surface area contributed by atoms with Crippen LogP contribution in [0.4, 0.5) is 0 Å². The van der Waals surface area contributed by atoms with Crippen molar-refractivity contribution in [1.82, 2.24) is 10.2 Å². The van der Waals surface area contributed by atoms with Crippen molar-refractivity contribution in [1.29, 1.82) is 0 Å². The van der Waals surface area contributed by atoms with Crippen LogP contribution in [0, 0.1) is 16.7 Å². The fourth-order valence-corrected chi connectivity index (χ4v) is 5.67. The molecular weight excluding hydrogens is 441 g/mol. The van der Waals surface area contributed by atoms with E-state index in [4.69, 9.17) is 14.5 Å². The van der Waals surface area contributed by atoms with Gasteiger partial charge in [0, 0.05) is 56.8 Å². The van der Waals surface area contributed by atoms with Gasteiger partial charge in [0.1, 0.15) is 0 Å². The van der Waals surface area contributed by atoms with Gasteiger partial charge in [0.05, 0.1) is 6.10 Å². The Morgan fingerprint density at radius 1 is 1.19 bits per heavy atom. The summed E-state index contributed by atoms with van der Waals surface area (Å²) in [5.41, 5.74) is 0.649. The first-order valence-electron chi connectivity index (χ1n) is 10.3. The van der Waals surface area contributed by atoms with Crippen molar-refractivity contribution in [2.45, 2.75) is 65.0 Å². The number of aliphatic imine (C=N–C) groups is 1. The van der Waals surface area contributed by atoms with Crippen molar-refractivity contribution < 1.29 is 9.47 Å². The van der Waals surface area contributed by atoms with Gasteiger partial charge in [-0.3, -0.25) is 4.99 Å². The number of guanidine groups is 1. The second-order valence-corrected chi connectivity index (χ2v) is 9.12. The number of ether oxygens (including phenoxy) is 2. The molecule has 150 valence electrons. The summed E-state index contributed by atoms with van der Waals surface area (Å²) in [7, 11) is 0. The maximum atomic E-state index is 6.07. The zero-order valence-corrected chi connectivity index (χ0v) is 19.0. The molecule has 3 heterocycles. The summed E-state index contributed by atoms with van der Waals surface area (Å²) in [6.45, 7) is 12.7. The number of rotatable bonds is 2. The second kappa shape index (κ2) is 8.11. The molecule has 3 aliphatic heterocycles. The van der Waals surface area contributed by atoms with Gasteiger partial charge in [-0.1, -0.05) is 13.8 Å². The number of hydrogen-bond acceptors (Lipinski definition) is 3. The largest absolute Gasteiger partial charge is 0.381 e. The molecule has 0 bridgehead atoms. The second-order valence-electron chi connectivity index (χ2n) is 9.12. The Kier molecular flexibility index (Phi) is 6.44. The van der Waals surface area contributed by atoms with Crippen LogP contribution in [0.25, 0.3) is 0 Å². The van der Waals surface area contributed by atoms with Crippen molar-refractivity contribution in [3.63, 3.8) is 0 Å². The van der Waals surface area contributed by atoms with E-state index in [1.54, 1.807) is 0 Å². The highest BCUT2D eigenvalue weighted by Crippen LogP contribution is 2.51. The van der Waals surface area contributed by atoms with E-state index in [0.717, 1.165) is 45.4 Å². The van der Waals surface area contributed by atoms with Gasteiger partial charge in [0.25, 0.3) is 0 Å². The summed E-state index contributed by atoms with van der Waals surface area (Å²) in [5.74, 6) is 1.78. The van der Waals surface area contributed by atoms with Crippen LogP contribution in [0.15, 0.2) is 4.99 Å². The average molecular weight is 477 g/mol. The summed E-state index contributed by atoms with van der Waals surface area (Å²) >= 11 is 0. The minimum Gasteiger partial charge on any atom is -0.381 e. The van der Waals surface area contributed by atoms with Gasteiger partial charge in [-0.05, 0) is 44.4 Å². The molecule has 4 rings (SSSR count). The minimum absolute atomic E-state index is 0. The Morgan fingerprint density at radius 2 is 1.96 bits per heavy atom. The molecular formula is C20H36IN3O2. The van der Waals surface area contributed by atoms with Gasteiger partial charge in [-0.25, -0.2) is 0 Å². The summed E-state index contributed by atoms with van der Waals surface area (Å²) in [5, 5.41) is 3.87. The summed E-state index contributed by atoms with van der Waals surface area (Å²) < 4.78 is 11.7. The van der Waals surface area contributed by atoms with Crippen LogP contribution in [-0.2, 0) is 9.47 Å². The molecule has 26 heavy (non-hydrogen) atoms. The average Bonchev–Trinajstić information content (AvgIpc) is 3.02. The molecule has 0 aromatic carbocycles. The number of fused-ring (bicyclic) bond motifs is 1. The first kappa shape index (κ1) is 20.6. The van der Waals surface area contributed by atoms with E-state index in [2.05, 4.69) is 31.0 Å². The molecule has 5 nitrogen and oxygen atoms in total. The molecule has 0 aromatic rings. The summed E-state index contributed by atoms with van der Waals surface area (Å²) in [6.07, 6.45) is 6.59. The zero-order chi connectivity index (χ0) is 17.5. The van der Waals surface area contributed by atoms with Crippen LogP contribution < -0.4 is 5.32 Å². The molecule has 4 aliphatic rings.